The fourth-order valence-corrected chi connectivity index (χ4v) is 2.62. The van der Waals surface area contributed by atoms with Crippen LogP contribution in [0.4, 0.5) is 0 Å². The van der Waals surface area contributed by atoms with Gasteiger partial charge in [-0.1, -0.05) is 12.1 Å². The van der Waals surface area contributed by atoms with Crippen LogP contribution in [0.15, 0.2) is 71.6 Å². The van der Waals surface area contributed by atoms with Gasteiger partial charge in [0.05, 0.1) is 25.8 Å². The number of amides is 1. The van der Waals surface area contributed by atoms with Gasteiger partial charge in [0.1, 0.15) is 11.5 Å². The smallest absolute Gasteiger partial charge is 0.222 e. The molecule has 0 unspecified atom stereocenters. The second kappa shape index (κ2) is 7.55. The van der Waals surface area contributed by atoms with E-state index in [1.807, 2.05) is 65.5 Å². The van der Waals surface area contributed by atoms with E-state index in [1.54, 1.807) is 13.4 Å². The summed E-state index contributed by atoms with van der Waals surface area (Å²) >= 11 is 0. The molecule has 0 bridgehead atoms. The van der Waals surface area contributed by atoms with Gasteiger partial charge in [-0.25, -0.2) is 0 Å². The van der Waals surface area contributed by atoms with Crippen LogP contribution in [0, 0.1) is 0 Å². The van der Waals surface area contributed by atoms with Gasteiger partial charge in [-0.05, 0) is 42.0 Å². The Morgan fingerprint density at radius 1 is 1.21 bits per heavy atom. The van der Waals surface area contributed by atoms with Crippen molar-refractivity contribution in [1.29, 1.82) is 0 Å². The minimum atomic E-state index is -0.152. The van der Waals surface area contributed by atoms with E-state index >= 15 is 0 Å². The summed E-state index contributed by atoms with van der Waals surface area (Å²) < 4.78 is 12.7. The second-order valence-corrected chi connectivity index (χ2v) is 5.49. The highest BCUT2D eigenvalue weighted by molar-refractivity contribution is 5.76. The molecule has 124 valence electrons. The Balaban J connectivity index is 1.63. The van der Waals surface area contributed by atoms with Gasteiger partial charge in [0.25, 0.3) is 0 Å². The lowest BCUT2D eigenvalue weighted by atomic mass is 10.1. The third-order valence-corrected chi connectivity index (χ3v) is 3.86. The van der Waals surface area contributed by atoms with Crippen LogP contribution in [0.3, 0.4) is 0 Å². The fourth-order valence-electron chi connectivity index (χ4n) is 2.62. The molecule has 0 saturated carbocycles. The van der Waals surface area contributed by atoms with Crippen molar-refractivity contribution in [1.82, 2.24) is 9.88 Å². The van der Waals surface area contributed by atoms with Crippen molar-refractivity contribution in [2.75, 3.05) is 7.11 Å². The Morgan fingerprint density at radius 2 is 2.04 bits per heavy atom. The molecule has 2 heterocycles. The average Bonchev–Trinajstić information content (AvgIpc) is 3.31. The van der Waals surface area contributed by atoms with Gasteiger partial charge in [-0.15, -0.1) is 0 Å². The zero-order chi connectivity index (χ0) is 16.8. The van der Waals surface area contributed by atoms with Crippen LogP contribution in [0.1, 0.15) is 23.8 Å². The van der Waals surface area contributed by atoms with E-state index in [0.29, 0.717) is 13.0 Å². The van der Waals surface area contributed by atoms with E-state index in [4.69, 9.17) is 9.15 Å². The number of nitrogens with zero attached hydrogens (tertiary/aromatic N) is 1. The molecule has 1 aromatic carbocycles. The molecule has 2 aromatic heterocycles. The number of furan rings is 1. The molecule has 0 spiro atoms. The molecular weight excluding hydrogens is 304 g/mol. The van der Waals surface area contributed by atoms with Crippen molar-refractivity contribution in [2.45, 2.75) is 19.0 Å². The maximum atomic E-state index is 12.4. The predicted octanol–water partition coefficient (Wildman–Crippen LogP) is 3.39. The van der Waals surface area contributed by atoms with Crippen LogP contribution in [0.2, 0.25) is 0 Å². The maximum Gasteiger partial charge on any atom is 0.222 e. The normalized spacial score (nSPS) is 11.9. The number of hydrogen-bond donors (Lipinski definition) is 1. The number of rotatable bonds is 7. The summed E-state index contributed by atoms with van der Waals surface area (Å²) in [7, 11) is 1.63. The van der Waals surface area contributed by atoms with E-state index in [0.717, 1.165) is 17.1 Å². The topological polar surface area (TPSA) is 56.4 Å². The Hall–Kier alpha value is -2.95. The van der Waals surface area contributed by atoms with Gasteiger partial charge in [0.15, 0.2) is 0 Å². The van der Waals surface area contributed by atoms with E-state index in [9.17, 15) is 4.79 Å². The molecule has 1 atom stereocenters. The van der Waals surface area contributed by atoms with Gasteiger partial charge in [0, 0.05) is 18.9 Å². The molecule has 0 aliphatic rings. The lowest BCUT2D eigenvalue weighted by molar-refractivity contribution is -0.121. The van der Waals surface area contributed by atoms with Crippen molar-refractivity contribution >= 4 is 5.91 Å². The van der Waals surface area contributed by atoms with Gasteiger partial charge in [-0.2, -0.15) is 0 Å². The van der Waals surface area contributed by atoms with Crippen LogP contribution in [0.25, 0.3) is 0 Å². The maximum absolute atomic E-state index is 12.4. The van der Waals surface area contributed by atoms with Crippen molar-refractivity contribution in [3.8, 4) is 5.75 Å². The lowest BCUT2D eigenvalue weighted by Crippen LogP contribution is -2.26. The van der Waals surface area contributed by atoms with Gasteiger partial charge < -0.3 is 19.0 Å². The summed E-state index contributed by atoms with van der Waals surface area (Å²) in [6.45, 7) is 0.465. The molecule has 0 fully saturated rings. The minimum Gasteiger partial charge on any atom is -0.497 e. The highest BCUT2D eigenvalue weighted by Crippen LogP contribution is 2.22. The number of nitrogens with one attached hydrogen (secondary N) is 1. The predicted molar refractivity (Wildman–Crippen MR) is 90.7 cm³/mol. The summed E-state index contributed by atoms with van der Waals surface area (Å²) in [6.07, 6.45) is 5.80. The average molecular weight is 324 g/mol. The van der Waals surface area contributed by atoms with E-state index in [2.05, 4.69) is 5.32 Å². The Morgan fingerprint density at radius 3 is 2.75 bits per heavy atom. The first kappa shape index (κ1) is 15.9. The largest absolute Gasteiger partial charge is 0.497 e. The molecule has 3 aromatic rings. The molecule has 1 N–H and O–H groups in total. The molecule has 0 aliphatic carbocycles. The summed E-state index contributed by atoms with van der Waals surface area (Å²) in [5.74, 6) is 1.51. The summed E-state index contributed by atoms with van der Waals surface area (Å²) in [4.78, 5) is 12.4. The van der Waals surface area contributed by atoms with Crippen molar-refractivity contribution < 1.29 is 13.9 Å². The first-order valence-corrected chi connectivity index (χ1v) is 7.82. The minimum absolute atomic E-state index is 0.0343. The summed E-state index contributed by atoms with van der Waals surface area (Å²) in [6, 6.07) is 15.1. The number of carbonyl (C=O) groups is 1. The zero-order valence-corrected chi connectivity index (χ0v) is 13.5. The van der Waals surface area contributed by atoms with E-state index < -0.39 is 0 Å². The first-order chi connectivity index (χ1) is 11.8. The fraction of sp³-hybridized carbons (Fsp3) is 0.211. The molecule has 0 radical (unpaired) electrons. The highest BCUT2D eigenvalue weighted by Gasteiger charge is 2.19. The number of aromatic nitrogens is 1. The van der Waals surface area contributed by atoms with Crippen LogP contribution in [-0.4, -0.2) is 17.6 Å². The Kier molecular flexibility index (Phi) is 5.01. The Labute approximate surface area is 140 Å². The van der Waals surface area contributed by atoms with Crippen LogP contribution < -0.4 is 10.1 Å². The van der Waals surface area contributed by atoms with Crippen LogP contribution >= 0.6 is 0 Å². The molecule has 3 rings (SSSR count). The summed E-state index contributed by atoms with van der Waals surface area (Å²) in [5.41, 5.74) is 0.998. The standard InChI is InChI=1S/C19H20N2O3/c1-23-16-7-4-6-15(12-16)14-20-19(22)13-17(18-8-5-11-24-18)21-9-2-3-10-21/h2-12,17H,13-14H2,1H3,(H,20,22)/t17-/m0/s1. The first-order valence-electron chi connectivity index (χ1n) is 7.82. The molecule has 5 nitrogen and oxygen atoms in total. The van der Waals surface area contributed by atoms with Crippen molar-refractivity contribution in [3.05, 3.63) is 78.5 Å². The van der Waals surface area contributed by atoms with Gasteiger partial charge in [0.2, 0.25) is 5.91 Å². The van der Waals surface area contributed by atoms with Crippen molar-refractivity contribution in [3.63, 3.8) is 0 Å². The van der Waals surface area contributed by atoms with Gasteiger partial charge in [-0.3, -0.25) is 4.79 Å². The van der Waals surface area contributed by atoms with Crippen LogP contribution in [-0.2, 0) is 11.3 Å². The molecule has 0 aliphatic heterocycles. The third-order valence-electron chi connectivity index (χ3n) is 3.86. The monoisotopic (exact) mass is 324 g/mol. The van der Waals surface area contributed by atoms with E-state index in [1.165, 1.54) is 0 Å². The molecule has 1 amide bonds. The second-order valence-electron chi connectivity index (χ2n) is 5.49. The van der Waals surface area contributed by atoms with Crippen molar-refractivity contribution in [2.24, 2.45) is 0 Å². The van der Waals surface area contributed by atoms with E-state index in [-0.39, 0.29) is 11.9 Å². The number of methoxy groups -OCH3 is 1. The number of benzene rings is 1. The number of hydrogen-bond acceptors (Lipinski definition) is 3. The SMILES string of the molecule is COc1cccc(CNC(=O)C[C@@H](c2ccco2)n2cccc2)c1. The quantitative estimate of drug-likeness (QED) is 0.725. The Bertz CT molecular complexity index is 730. The molecule has 5 heteroatoms. The molecule has 24 heavy (non-hydrogen) atoms. The van der Waals surface area contributed by atoms with Gasteiger partial charge >= 0.3 is 0 Å². The third kappa shape index (κ3) is 3.87. The zero-order valence-electron chi connectivity index (χ0n) is 13.5. The molecule has 0 saturated heterocycles. The lowest BCUT2D eigenvalue weighted by Gasteiger charge is -2.16. The number of carbonyl (C=O) groups excluding carboxylic acids is 1. The summed E-state index contributed by atoms with van der Waals surface area (Å²) in [5, 5.41) is 2.96. The number of ether oxygens (including phenoxy) is 1. The molecular formula is C19H20N2O3. The van der Waals surface area contributed by atoms with Crippen LogP contribution in [0.5, 0.6) is 5.75 Å². The highest BCUT2D eigenvalue weighted by atomic mass is 16.5.